The lowest BCUT2D eigenvalue weighted by atomic mass is 9.88. The van der Waals surface area contributed by atoms with Crippen LogP contribution in [0.3, 0.4) is 0 Å². The third kappa shape index (κ3) is 3.15. The largest absolute Gasteiger partial charge is 0.494 e. The normalized spacial score (nSPS) is 25.4. The fraction of sp³-hybridized carbons (Fsp3) is 0.647. The Bertz CT molecular complexity index is 421. The molecule has 1 saturated heterocycles. The molecule has 0 radical (unpaired) electrons. The number of benzene rings is 1. The summed E-state index contributed by atoms with van der Waals surface area (Å²) in [5.74, 6) is 1.69. The minimum Gasteiger partial charge on any atom is -0.494 e. The molecule has 0 aliphatic carbocycles. The van der Waals surface area contributed by atoms with Crippen molar-refractivity contribution in [1.82, 2.24) is 4.90 Å². The van der Waals surface area contributed by atoms with Crippen molar-refractivity contribution < 1.29 is 4.74 Å². The van der Waals surface area contributed by atoms with Crippen molar-refractivity contribution in [2.45, 2.75) is 45.7 Å². The molecule has 1 aliphatic rings. The molecule has 1 aromatic rings. The predicted molar refractivity (Wildman–Crippen MR) is 84.0 cm³/mol. The summed E-state index contributed by atoms with van der Waals surface area (Å²) in [6.07, 6.45) is 2.55. The van der Waals surface area contributed by atoms with E-state index in [2.05, 4.69) is 36.9 Å². The maximum absolute atomic E-state index is 6.02. The van der Waals surface area contributed by atoms with E-state index in [9.17, 15) is 0 Å². The van der Waals surface area contributed by atoms with Crippen molar-refractivity contribution in [3.05, 3.63) is 29.8 Å². The van der Waals surface area contributed by atoms with Crippen molar-refractivity contribution in [1.29, 1.82) is 0 Å². The lowest BCUT2D eigenvalue weighted by molar-refractivity contribution is 0.0677. The first-order valence-electron chi connectivity index (χ1n) is 7.86. The van der Waals surface area contributed by atoms with Gasteiger partial charge >= 0.3 is 0 Å². The fourth-order valence-corrected chi connectivity index (χ4v) is 3.42. The average Bonchev–Trinajstić information content (AvgIpc) is 2.47. The van der Waals surface area contributed by atoms with Crippen LogP contribution in [0.1, 0.15) is 45.2 Å². The summed E-state index contributed by atoms with van der Waals surface area (Å²) in [5.41, 5.74) is 7.30. The Hall–Kier alpha value is -1.06. The number of para-hydroxylation sites is 1. The van der Waals surface area contributed by atoms with Crippen LogP contribution in [0.2, 0.25) is 0 Å². The Morgan fingerprint density at radius 1 is 1.40 bits per heavy atom. The van der Waals surface area contributed by atoms with E-state index >= 15 is 0 Å². The summed E-state index contributed by atoms with van der Waals surface area (Å²) in [6, 6.07) is 9.23. The zero-order chi connectivity index (χ0) is 14.5. The minimum absolute atomic E-state index is 0.356. The third-order valence-corrected chi connectivity index (χ3v) is 4.57. The average molecular weight is 276 g/mol. The van der Waals surface area contributed by atoms with Crippen molar-refractivity contribution in [3.63, 3.8) is 0 Å². The number of piperidine rings is 1. The highest BCUT2D eigenvalue weighted by molar-refractivity contribution is 5.35. The van der Waals surface area contributed by atoms with E-state index in [-0.39, 0.29) is 0 Å². The van der Waals surface area contributed by atoms with Crippen LogP contribution in [0, 0.1) is 5.92 Å². The molecular formula is C17H28N2O. The molecule has 3 atom stereocenters. The first-order valence-corrected chi connectivity index (χ1v) is 7.86. The smallest absolute Gasteiger partial charge is 0.124 e. The van der Waals surface area contributed by atoms with Crippen LogP contribution in [0.4, 0.5) is 0 Å². The maximum atomic E-state index is 6.02. The number of rotatable bonds is 5. The Kier molecular flexibility index (Phi) is 5.44. The van der Waals surface area contributed by atoms with E-state index < -0.39 is 0 Å². The SMILES string of the molecule is CCOc1ccccc1C(C)N1CCCC(C)C1CN. The van der Waals surface area contributed by atoms with Gasteiger partial charge in [-0.1, -0.05) is 25.1 Å². The summed E-state index contributed by atoms with van der Waals surface area (Å²) in [5, 5.41) is 0. The van der Waals surface area contributed by atoms with Crippen LogP contribution in [0.15, 0.2) is 24.3 Å². The highest BCUT2D eigenvalue weighted by Crippen LogP contribution is 2.34. The van der Waals surface area contributed by atoms with Gasteiger partial charge in [0.25, 0.3) is 0 Å². The predicted octanol–water partition coefficient (Wildman–Crippen LogP) is 3.21. The van der Waals surface area contributed by atoms with Gasteiger partial charge in [-0.3, -0.25) is 4.90 Å². The van der Waals surface area contributed by atoms with Gasteiger partial charge in [0.05, 0.1) is 6.61 Å². The topological polar surface area (TPSA) is 38.5 Å². The van der Waals surface area contributed by atoms with Crippen molar-refractivity contribution in [3.8, 4) is 5.75 Å². The molecule has 1 aliphatic heterocycles. The van der Waals surface area contributed by atoms with E-state index in [0.29, 0.717) is 24.6 Å². The van der Waals surface area contributed by atoms with E-state index in [4.69, 9.17) is 10.5 Å². The second-order valence-corrected chi connectivity index (χ2v) is 5.81. The maximum Gasteiger partial charge on any atom is 0.124 e. The molecule has 2 rings (SSSR count). The molecule has 1 aromatic carbocycles. The monoisotopic (exact) mass is 276 g/mol. The van der Waals surface area contributed by atoms with Gasteiger partial charge in [0, 0.05) is 24.2 Å². The zero-order valence-corrected chi connectivity index (χ0v) is 13.0. The van der Waals surface area contributed by atoms with Gasteiger partial charge in [-0.2, -0.15) is 0 Å². The van der Waals surface area contributed by atoms with Crippen molar-refractivity contribution >= 4 is 0 Å². The summed E-state index contributed by atoms with van der Waals surface area (Å²) in [4.78, 5) is 2.56. The Morgan fingerprint density at radius 2 is 2.15 bits per heavy atom. The van der Waals surface area contributed by atoms with Gasteiger partial charge in [0.15, 0.2) is 0 Å². The molecule has 0 aromatic heterocycles. The Morgan fingerprint density at radius 3 is 2.85 bits per heavy atom. The number of hydrogen-bond donors (Lipinski definition) is 1. The molecule has 0 spiro atoms. The van der Waals surface area contributed by atoms with Crippen LogP contribution in [-0.4, -0.2) is 30.6 Å². The Balaban J connectivity index is 2.23. The van der Waals surface area contributed by atoms with Gasteiger partial charge < -0.3 is 10.5 Å². The lowest BCUT2D eigenvalue weighted by Crippen LogP contribution is -2.49. The lowest BCUT2D eigenvalue weighted by Gasteiger charge is -2.43. The Labute approximate surface area is 123 Å². The van der Waals surface area contributed by atoms with Crippen LogP contribution in [-0.2, 0) is 0 Å². The first-order chi connectivity index (χ1) is 9.69. The fourth-order valence-electron chi connectivity index (χ4n) is 3.42. The van der Waals surface area contributed by atoms with Crippen molar-refractivity contribution in [2.24, 2.45) is 11.7 Å². The number of hydrogen-bond acceptors (Lipinski definition) is 3. The second-order valence-electron chi connectivity index (χ2n) is 5.81. The van der Waals surface area contributed by atoms with Crippen LogP contribution in [0.5, 0.6) is 5.75 Å². The van der Waals surface area contributed by atoms with Gasteiger partial charge in [0.2, 0.25) is 0 Å². The van der Waals surface area contributed by atoms with Crippen LogP contribution in [0.25, 0.3) is 0 Å². The molecule has 3 heteroatoms. The van der Waals surface area contributed by atoms with Gasteiger partial charge in [0.1, 0.15) is 5.75 Å². The van der Waals surface area contributed by atoms with E-state index in [0.717, 1.165) is 18.8 Å². The molecule has 0 bridgehead atoms. The zero-order valence-electron chi connectivity index (χ0n) is 13.0. The summed E-state index contributed by atoms with van der Waals surface area (Å²) >= 11 is 0. The van der Waals surface area contributed by atoms with Gasteiger partial charge in [-0.25, -0.2) is 0 Å². The standard InChI is InChI=1S/C17H28N2O/c1-4-20-17-10-6-5-9-15(17)14(3)19-11-7-8-13(2)16(19)12-18/h5-6,9-10,13-14,16H,4,7-8,11-12,18H2,1-3H3. The molecular weight excluding hydrogens is 248 g/mol. The van der Waals surface area contributed by atoms with Crippen LogP contribution < -0.4 is 10.5 Å². The molecule has 0 saturated carbocycles. The number of likely N-dealkylation sites (tertiary alicyclic amines) is 1. The van der Waals surface area contributed by atoms with Gasteiger partial charge in [-0.15, -0.1) is 0 Å². The molecule has 0 amide bonds. The summed E-state index contributed by atoms with van der Waals surface area (Å²) in [7, 11) is 0. The van der Waals surface area contributed by atoms with Crippen LogP contribution >= 0.6 is 0 Å². The first kappa shape index (κ1) is 15.3. The molecule has 1 heterocycles. The molecule has 3 unspecified atom stereocenters. The van der Waals surface area contributed by atoms with E-state index in [1.54, 1.807) is 0 Å². The number of nitrogens with zero attached hydrogens (tertiary/aromatic N) is 1. The minimum atomic E-state index is 0.356. The van der Waals surface area contributed by atoms with E-state index in [1.807, 2.05) is 13.0 Å². The second kappa shape index (κ2) is 7.09. The molecule has 20 heavy (non-hydrogen) atoms. The molecule has 3 nitrogen and oxygen atoms in total. The molecule has 2 N–H and O–H groups in total. The highest BCUT2D eigenvalue weighted by atomic mass is 16.5. The van der Waals surface area contributed by atoms with Crippen molar-refractivity contribution in [2.75, 3.05) is 19.7 Å². The van der Waals surface area contributed by atoms with Gasteiger partial charge in [-0.05, 0) is 45.2 Å². The quantitative estimate of drug-likeness (QED) is 0.897. The highest BCUT2D eigenvalue weighted by Gasteiger charge is 2.31. The van der Waals surface area contributed by atoms with E-state index in [1.165, 1.54) is 18.4 Å². The number of ether oxygens (including phenoxy) is 1. The molecule has 1 fully saturated rings. The summed E-state index contributed by atoms with van der Waals surface area (Å²) < 4.78 is 5.79. The molecule has 112 valence electrons. The number of nitrogens with two attached hydrogens (primary N) is 1. The summed E-state index contributed by atoms with van der Waals surface area (Å²) in [6.45, 7) is 9.22. The third-order valence-electron chi connectivity index (χ3n) is 4.57.